The Morgan fingerprint density at radius 3 is 2.58 bits per heavy atom. The van der Waals surface area contributed by atoms with Crippen LogP contribution in [0.2, 0.25) is 0 Å². The molecule has 1 aromatic heterocycles. The van der Waals surface area contributed by atoms with E-state index in [1.54, 1.807) is 0 Å². The normalized spacial score (nSPS) is 16.2. The summed E-state index contributed by atoms with van der Waals surface area (Å²) >= 11 is 1.08. The van der Waals surface area contributed by atoms with Gasteiger partial charge in [-0.15, -0.1) is 0 Å². The van der Waals surface area contributed by atoms with E-state index in [2.05, 4.69) is 53.5 Å². The molecule has 2 aromatic carbocycles. The molecule has 0 spiro atoms. The number of thiazole rings is 1. The lowest BCUT2D eigenvalue weighted by Crippen LogP contribution is -2.03. The number of H-pyrrole nitrogens is 1. The SMILES string of the molecule is O=c1[nH]c(O)c(Cc2ccc3c(c2)CC(Cc2ccccc2)C3)s1. The van der Waals surface area contributed by atoms with Crippen LogP contribution in [-0.4, -0.2) is 10.1 Å². The monoisotopic (exact) mass is 337 g/mol. The molecule has 0 saturated carbocycles. The summed E-state index contributed by atoms with van der Waals surface area (Å²) < 4.78 is 0. The van der Waals surface area contributed by atoms with Crippen molar-refractivity contribution in [2.24, 2.45) is 5.92 Å². The van der Waals surface area contributed by atoms with Crippen LogP contribution in [0.25, 0.3) is 0 Å². The maximum Gasteiger partial charge on any atom is 0.307 e. The molecule has 2 N–H and O–H groups in total. The van der Waals surface area contributed by atoms with Crippen LogP contribution in [0.5, 0.6) is 5.88 Å². The number of nitrogens with one attached hydrogen (secondary N) is 1. The number of rotatable bonds is 4. The zero-order valence-electron chi connectivity index (χ0n) is 13.3. The van der Waals surface area contributed by atoms with Crippen LogP contribution >= 0.6 is 11.3 Å². The highest BCUT2D eigenvalue weighted by Crippen LogP contribution is 2.31. The predicted octanol–water partition coefficient (Wildman–Crippen LogP) is 3.69. The smallest absolute Gasteiger partial charge is 0.307 e. The van der Waals surface area contributed by atoms with Gasteiger partial charge in [0.05, 0.1) is 4.88 Å². The molecular weight excluding hydrogens is 318 g/mol. The first-order valence-electron chi connectivity index (χ1n) is 8.23. The second-order valence-corrected chi connectivity index (χ2v) is 7.60. The summed E-state index contributed by atoms with van der Waals surface area (Å²) in [4.78, 5) is 14.2. The lowest BCUT2D eigenvalue weighted by molar-refractivity contribution is 0.451. The number of fused-ring (bicyclic) bond motifs is 1. The molecule has 0 fully saturated rings. The summed E-state index contributed by atoms with van der Waals surface area (Å²) in [6.07, 6.45) is 3.96. The minimum atomic E-state index is -0.202. The predicted molar refractivity (Wildman–Crippen MR) is 96.9 cm³/mol. The van der Waals surface area contributed by atoms with E-state index < -0.39 is 0 Å². The molecule has 24 heavy (non-hydrogen) atoms. The number of hydrogen-bond acceptors (Lipinski definition) is 3. The molecule has 0 bridgehead atoms. The molecule has 0 amide bonds. The molecule has 122 valence electrons. The van der Waals surface area contributed by atoms with Crippen molar-refractivity contribution in [2.45, 2.75) is 25.7 Å². The molecule has 3 aromatic rings. The van der Waals surface area contributed by atoms with E-state index >= 15 is 0 Å². The molecule has 1 aliphatic rings. The molecule has 0 radical (unpaired) electrons. The number of aromatic amines is 1. The van der Waals surface area contributed by atoms with Gasteiger partial charge in [-0.25, -0.2) is 0 Å². The van der Waals surface area contributed by atoms with Crippen LogP contribution in [0.4, 0.5) is 0 Å². The van der Waals surface area contributed by atoms with E-state index in [9.17, 15) is 9.90 Å². The molecular formula is C20H19NO2S. The van der Waals surface area contributed by atoms with Crippen LogP contribution in [0.15, 0.2) is 53.3 Å². The Bertz CT molecular complexity index is 911. The minimum Gasteiger partial charge on any atom is -0.494 e. The highest BCUT2D eigenvalue weighted by atomic mass is 32.1. The van der Waals surface area contributed by atoms with Crippen LogP contribution < -0.4 is 4.87 Å². The first-order valence-corrected chi connectivity index (χ1v) is 9.04. The standard InChI is InChI=1S/C20H19NO2S/c22-19-18(24-20(23)21-19)12-14-6-7-16-10-15(11-17(16)9-14)8-13-4-2-1-3-5-13/h1-7,9,15,22H,8,10-12H2,(H,21,23). The number of aromatic hydroxyl groups is 1. The maximum atomic E-state index is 11.3. The molecule has 1 heterocycles. The molecule has 1 unspecified atom stereocenters. The van der Waals surface area contributed by atoms with E-state index in [0.717, 1.165) is 36.2 Å². The molecule has 0 saturated heterocycles. The van der Waals surface area contributed by atoms with Crippen LogP contribution in [-0.2, 0) is 25.7 Å². The van der Waals surface area contributed by atoms with Crippen molar-refractivity contribution >= 4 is 11.3 Å². The summed E-state index contributed by atoms with van der Waals surface area (Å²) in [7, 11) is 0. The summed E-state index contributed by atoms with van der Waals surface area (Å²) in [6, 6.07) is 17.2. The Kier molecular flexibility index (Phi) is 3.98. The number of hydrogen-bond donors (Lipinski definition) is 2. The lowest BCUT2D eigenvalue weighted by atomic mass is 9.97. The van der Waals surface area contributed by atoms with E-state index in [4.69, 9.17) is 0 Å². The first kappa shape index (κ1) is 15.2. The summed E-state index contributed by atoms with van der Waals surface area (Å²) in [6.45, 7) is 0. The van der Waals surface area contributed by atoms with Gasteiger partial charge in [0.15, 0.2) is 0 Å². The topological polar surface area (TPSA) is 53.1 Å². The average molecular weight is 337 g/mol. The van der Waals surface area contributed by atoms with Gasteiger partial charge >= 0.3 is 4.87 Å². The first-order chi connectivity index (χ1) is 11.7. The van der Waals surface area contributed by atoms with Crippen molar-refractivity contribution in [1.29, 1.82) is 0 Å². The van der Waals surface area contributed by atoms with E-state index in [-0.39, 0.29) is 10.8 Å². The van der Waals surface area contributed by atoms with Crippen molar-refractivity contribution in [2.75, 3.05) is 0 Å². The molecule has 4 rings (SSSR count). The van der Waals surface area contributed by atoms with Crippen LogP contribution in [0.1, 0.15) is 27.1 Å². The van der Waals surface area contributed by atoms with Gasteiger partial charge in [0, 0.05) is 6.42 Å². The second-order valence-electron chi connectivity index (χ2n) is 6.53. The van der Waals surface area contributed by atoms with Gasteiger partial charge in [-0.1, -0.05) is 59.9 Å². The zero-order chi connectivity index (χ0) is 16.5. The van der Waals surface area contributed by atoms with Gasteiger partial charge in [0.2, 0.25) is 5.88 Å². The zero-order valence-corrected chi connectivity index (χ0v) is 14.1. The third-order valence-corrected chi connectivity index (χ3v) is 5.59. The van der Waals surface area contributed by atoms with Crippen molar-refractivity contribution in [1.82, 2.24) is 4.98 Å². The summed E-state index contributed by atoms with van der Waals surface area (Å²) in [5.74, 6) is 0.668. The molecule has 1 atom stereocenters. The van der Waals surface area contributed by atoms with Crippen molar-refractivity contribution in [3.05, 3.63) is 85.3 Å². The second kappa shape index (κ2) is 6.29. The lowest BCUT2D eigenvalue weighted by Gasteiger charge is -2.08. The number of benzene rings is 2. The van der Waals surface area contributed by atoms with Gasteiger partial charge < -0.3 is 5.11 Å². The quantitative estimate of drug-likeness (QED) is 0.763. The van der Waals surface area contributed by atoms with E-state index in [1.165, 1.54) is 16.7 Å². The Morgan fingerprint density at radius 2 is 1.83 bits per heavy atom. The minimum absolute atomic E-state index is 0.00690. The van der Waals surface area contributed by atoms with Crippen LogP contribution in [0.3, 0.4) is 0 Å². The van der Waals surface area contributed by atoms with Crippen LogP contribution in [0, 0.1) is 5.92 Å². The molecule has 4 heteroatoms. The Morgan fingerprint density at radius 1 is 1.04 bits per heavy atom. The fourth-order valence-electron chi connectivity index (χ4n) is 3.62. The third-order valence-electron chi connectivity index (χ3n) is 4.72. The van der Waals surface area contributed by atoms with Crippen molar-refractivity contribution in [3.63, 3.8) is 0 Å². The van der Waals surface area contributed by atoms with Gasteiger partial charge in [-0.2, -0.15) is 0 Å². The molecule has 0 aliphatic heterocycles. The Hall–Kier alpha value is -2.33. The molecule has 1 aliphatic carbocycles. The van der Waals surface area contributed by atoms with Gasteiger partial charge in [-0.05, 0) is 47.4 Å². The highest BCUT2D eigenvalue weighted by molar-refractivity contribution is 7.09. The van der Waals surface area contributed by atoms with Crippen molar-refractivity contribution < 1.29 is 5.11 Å². The third kappa shape index (κ3) is 3.15. The fourth-order valence-corrected chi connectivity index (χ4v) is 4.38. The Balaban J connectivity index is 1.49. The largest absolute Gasteiger partial charge is 0.494 e. The van der Waals surface area contributed by atoms with E-state index in [0.29, 0.717) is 17.2 Å². The van der Waals surface area contributed by atoms with Gasteiger partial charge in [0.25, 0.3) is 0 Å². The average Bonchev–Trinajstić information content (AvgIpc) is 3.10. The number of aromatic nitrogens is 1. The molecule has 3 nitrogen and oxygen atoms in total. The highest BCUT2D eigenvalue weighted by Gasteiger charge is 2.22. The maximum absolute atomic E-state index is 11.3. The van der Waals surface area contributed by atoms with Crippen molar-refractivity contribution in [3.8, 4) is 5.88 Å². The van der Waals surface area contributed by atoms with Gasteiger partial charge in [-0.3, -0.25) is 9.78 Å². The fraction of sp³-hybridized carbons (Fsp3) is 0.250. The Labute approximate surface area is 144 Å². The van der Waals surface area contributed by atoms with E-state index in [1.807, 2.05) is 0 Å². The summed E-state index contributed by atoms with van der Waals surface area (Å²) in [5.41, 5.74) is 5.40. The summed E-state index contributed by atoms with van der Waals surface area (Å²) in [5, 5.41) is 9.75. The van der Waals surface area contributed by atoms with Gasteiger partial charge in [0.1, 0.15) is 0 Å².